The molecule has 4 atom stereocenters. The van der Waals surface area contributed by atoms with Crippen LogP contribution in [-0.4, -0.2) is 24.7 Å². The molecule has 2 bridgehead atoms. The van der Waals surface area contributed by atoms with Crippen LogP contribution in [0.3, 0.4) is 0 Å². The van der Waals surface area contributed by atoms with Crippen LogP contribution in [0.1, 0.15) is 135 Å². The third kappa shape index (κ3) is 25.1. The summed E-state index contributed by atoms with van der Waals surface area (Å²) in [5.74, 6) is 4.80. The van der Waals surface area contributed by atoms with E-state index in [9.17, 15) is 52.7 Å². The topological polar surface area (TPSA) is 0 Å². The van der Waals surface area contributed by atoms with Crippen LogP contribution < -0.4 is 0 Å². The number of hydrogen-bond acceptors (Lipinski definition) is 0. The lowest BCUT2D eigenvalue weighted by atomic mass is 9.82. The summed E-state index contributed by atoms with van der Waals surface area (Å²) in [5.41, 5.74) is -6.25. The molecule has 2 aromatic carbocycles. The second-order valence-electron chi connectivity index (χ2n) is 18.1. The van der Waals surface area contributed by atoms with E-state index in [4.69, 9.17) is 0 Å². The van der Waals surface area contributed by atoms with Gasteiger partial charge in [-0.3, -0.25) is 0 Å². The number of hydrogen-bond donors (Lipinski definition) is 0. The average Bonchev–Trinajstić information content (AvgIpc) is 3.78. The fourth-order valence-corrected chi connectivity index (χ4v) is 5.11. The summed E-state index contributed by atoms with van der Waals surface area (Å²) in [6.45, 7) is 21.9. The van der Waals surface area contributed by atoms with Crippen molar-refractivity contribution >= 4 is 0 Å². The van der Waals surface area contributed by atoms with Crippen molar-refractivity contribution in [2.24, 2.45) is 45.3 Å². The van der Waals surface area contributed by atoms with Crippen molar-refractivity contribution in [2.75, 3.05) is 0 Å². The minimum absolute atomic E-state index is 0.104. The molecule has 3 aliphatic carbocycles. The van der Waals surface area contributed by atoms with E-state index in [1.54, 1.807) is 38.5 Å². The lowest BCUT2D eigenvalue weighted by Gasteiger charge is -2.29. The first-order valence-corrected chi connectivity index (χ1v) is 19.2. The highest BCUT2D eigenvalue weighted by Crippen LogP contribution is 2.58. The van der Waals surface area contributed by atoms with E-state index in [0.29, 0.717) is 10.8 Å². The highest BCUT2D eigenvalue weighted by atomic mass is 19.4. The molecule has 0 spiro atoms. The van der Waals surface area contributed by atoms with E-state index >= 15 is 0 Å². The third-order valence-corrected chi connectivity index (χ3v) is 8.52. The Bertz CT molecular complexity index is 1020. The number of rotatable bonds is 0. The fraction of sp³-hybridized carbons (Fsp3) is 0.727. The Morgan fingerprint density at radius 3 is 0.607 bits per heavy atom. The molecule has 0 nitrogen and oxygen atoms in total. The van der Waals surface area contributed by atoms with Crippen molar-refractivity contribution < 1.29 is 52.7 Å². The lowest BCUT2D eigenvalue weighted by molar-refractivity contribution is -0.328. The first kappa shape index (κ1) is 57.9. The SMILES string of the molecule is C1CC2C3CCC(C3)C2C1.CC.CC(C)(C(F)(F)F)C(F)(F)F.CC(C)(C(F)(F)F)C(F)(F)F.CC(C)(C)C.CC(C)(C)C.c1ccccc1.c1ccccc1. The number of alkyl halides is 12. The van der Waals surface area contributed by atoms with Crippen LogP contribution >= 0.6 is 0 Å². The second kappa shape index (κ2) is 24.5. The molecule has 3 saturated carbocycles. The quantitative estimate of drug-likeness (QED) is 0.232. The lowest BCUT2D eigenvalue weighted by Crippen LogP contribution is -2.44. The number of fused-ring (bicyclic) bond motifs is 5. The Morgan fingerprint density at radius 2 is 0.482 bits per heavy atom. The molecular formula is C44H70F12. The molecule has 0 aliphatic heterocycles. The number of halogens is 12. The third-order valence-electron chi connectivity index (χ3n) is 8.52. The van der Waals surface area contributed by atoms with Crippen LogP contribution in [0.5, 0.6) is 0 Å². The predicted octanol–water partition coefficient (Wildman–Crippen LogP) is 17.6. The Morgan fingerprint density at radius 1 is 0.321 bits per heavy atom. The van der Waals surface area contributed by atoms with E-state index in [0.717, 1.165) is 0 Å². The zero-order chi connectivity index (χ0) is 45.0. The van der Waals surface area contributed by atoms with Gasteiger partial charge in [0.15, 0.2) is 10.8 Å². The molecule has 0 aromatic heterocycles. The van der Waals surface area contributed by atoms with Gasteiger partial charge in [-0.05, 0) is 94.3 Å². The van der Waals surface area contributed by atoms with Gasteiger partial charge in [0, 0.05) is 0 Å². The van der Waals surface area contributed by atoms with Gasteiger partial charge in [0.25, 0.3) is 0 Å². The Kier molecular flexibility index (Phi) is 25.3. The molecule has 12 heteroatoms. The minimum atomic E-state index is -5.24. The monoisotopic (exact) mass is 827 g/mol. The molecule has 56 heavy (non-hydrogen) atoms. The summed E-state index contributed by atoms with van der Waals surface area (Å²) >= 11 is 0. The smallest absolute Gasteiger partial charge is 0.170 e. The van der Waals surface area contributed by atoms with Gasteiger partial charge in [0.1, 0.15) is 0 Å². The van der Waals surface area contributed by atoms with Crippen LogP contribution in [0, 0.1) is 45.3 Å². The summed E-state index contributed by atoms with van der Waals surface area (Å²) in [6, 6.07) is 24.0. The van der Waals surface area contributed by atoms with Gasteiger partial charge in [-0.1, -0.05) is 148 Å². The molecular weight excluding hydrogens is 756 g/mol. The maximum absolute atomic E-state index is 11.6. The Labute approximate surface area is 330 Å². The second-order valence-corrected chi connectivity index (χ2v) is 18.1. The van der Waals surface area contributed by atoms with Crippen LogP contribution in [0.4, 0.5) is 52.7 Å². The maximum Gasteiger partial charge on any atom is 0.402 e. The number of benzene rings is 2. The van der Waals surface area contributed by atoms with Crippen LogP contribution in [0.25, 0.3) is 0 Å². The van der Waals surface area contributed by atoms with Gasteiger partial charge in [-0.25, -0.2) is 0 Å². The van der Waals surface area contributed by atoms with E-state index < -0.39 is 35.5 Å². The molecule has 3 fully saturated rings. The largest absolute Gasteiger partial charge is 0.402 e. The van der Waals surface area contributed by atoms with Gasteiger partial charge in [-0.2, -0.15) is 52.7 Å². The first-order valence-electron chi connectivity index (χ1n) is 19.2. The molecule has 0 N–H and O–H groups in total. The zero-order valence-electron chi connectivity index (χ0n) is 36.0. The van der Waals surface area contributed by atoms with E-state index in [1.807, 2.05) is 86.6 Å². The summed E-state index contributed by atoms with van der Waals surface area (Å²) in [7, 11) is 0. The molecule has 0 heterocycles. The molecule has 0 radical (unpaired) electrons. The van der Waals surface area contributed by atoms with Gasteiger partial charge in [-0.15, -0.1) is 0 Å². The van der Waals surface area contributed by atoms with Gasteiger partial charge in [0.05, 0.1) is 0 Å². The minimum Gasteiger partial charge on any atom is -0.170 e. The predicted molar refractivity (Wildman–Crippen MR) is 208 cm³/mol. The first-order chi connectivity index (χ1) is 24.9. The zero-order valence-corrected chi connectivity index (χ0v) is 36.0. The fourth-order valence-electron chi connectivity index (χ4n) is 5.11. The van der Waals surface area contributed by atoms with E-state index in [-0.39, 0.29) is 27.7 Å². The summed E-state index contributed by atoms with van der Waals surface area (Å²) < 4.78 is 139. The van der Waals surface area contributed by atoms with Crippen molar-refractivity contribution in [3.63, 3.8) is 0 Å². The molecule has 5 rings (SSSR count). The average molecular weight is 827 g/mol. The van der Waals surface area contributed by atoms with Gasteiger partial charge < -0.3 is 0 Å². The molecule has 0 saturated heterocycles. The highest BCUT2D eigenvalue weighted by Gasteiger charge is 2.65. The van der Waals surface area contributed by atoms with Gasteiger partial charge in [0.2, 0.25) is 0 Å². The molecule has 330 valence electrons. The summed E-state index contributed by atoms with van der Waals surface area (Å²) in [4.78, 5) is 0. The molecule has 2 aromatic rings. The van der Waals surface area contributed by atoms with Crippen molar-refractivity contribution in [1.29, 1.82) is 0 Å². The Hall–Kier alpha value is -2.40. The van der Waals surface area contributed by atoms with Crippen molar-refractivity contribution in [1.82, 2.24) is 0 Å². The van der Waals surface area contributed by atoms with Crippen LogP contribution in [-0.2, 0) is 0 Å². The van der Waals surface area contributed by atoms with Crippen molar-refractivity contribution in [2.45, 2.75) is 160 Å². The molecule has 0 amide bonds. The Balaban J connectivity index is -0.000000594. The van der Waals surface area contributed by atoms with E-state index in [1.165, 1.54) is 23.7 Å². The maximum atomic E-state index is 11.6. The van der Waals surface area contributed by atoms with Crippen molar-refractivity contribution in [3.8, 4) is 0 Å². The summed E-state index contributed by atoms with van der Waals surface area (Å²) in [5, 5.41) is 0. The van der Waals surface area contributed by atoms with Crippen molar-refractivity contribution in [3.05, 3.63) is 72.8 Å². The summed E-state index contributed by atoms with van der Waals surface area (Å²) in [6.07, 6.45) is -11.4. The van der Waals surface area contributed by atoms with Gasteiger partial charge >= 0.3 is 24.7 Å². The standard InChI is InChI=1S/C10H16.2C6H6.2C5H6F6.2C5H12.C2H6/c1-2-9-7-4-5-8(6-7)10(9)3-1;2*1-2-4-6-5-3-1;2*1-3(2,4(6,7)8)5(9,10)11;2*1-5(2,3)4;1-2/h7-10H,1-6H2;2*1-6H;2*1-2H3;2*1-4H3;1-2H3. The van der Waals surface area contributed by atoms with Crippen LogP contribution in [0.15, 0.2) is 72.8 Å². The normalized spacial score (nSPS) is 20.2. The van der Waals surface area contributed by atoms with E-state index in [2.05, 4.69) is 55.4 Å². The van der Waals surface area contributed by atoms with Crippen LogP contribution in [0.2, 0.25) is 0 Å². The molecule has 3 aliphatic rings. The molecule has 4 unspecified atom stereocenters. The highest BCUT2D eigenvalue weighted by molar-refractivity contribution is 5.00.